The second-order valence-corrected chi connectivity index (χ2v) is 10.2. The van der Waals surface area contributed by atoms with E-state index in [1.54, 1.807) is 0 Å². The van der Waals surface area contributed by atoms with E-state index in [4.69, 9.17) is 0 Å². The maximum atomic E-state index is 11.7. The number of carbonyl (C=O) groups is 1. The normalized spacial score (nSPS) is 27.0. The van der Waals surface area contributed by atoms with Gasteiger partial charge in [0.05, 0.1) is 6.10 Å². The van der Waals surface area contributed by atoms with E-state index in [0.29, 0.717) is 6.04 Å². The predicted molar refractivity (Wildman–Crippen MR) is 127 cm³/mol. The molecule has 0 aromatic heterocycles. The number of rotatable bonds is 10. The highest BCUT2D eigenvalue weighted by Gasteiger charge is 2.23. The van der Waals surface area contributed by atoms with Crippen LogP contribution in [0.2, 0.25) is 0 Å². The average molecular weight is 436 g/mol. The van der Waals surface area contributed by atoms with Crippen LogP contribution in [0.4, 0.5) is 0 Å². The number of amides is 1. The maximum absolute atomic E-state index is 11.7. The zero-order valence-corrected chi connectivity index (χ0v) is 19.6. The molecule has 1 amide bonds. The first-order valence-electron chi connectivity index (χ1n) is 12.0. The Bertz CT molecular complexity index is 587. The minimum absolute atomic E-state index is 0.147. The van der Waals surface area contributed by atoms with Crippen molar-refractivity contribution in [2.45, 2.75) is 70.4 Å². The zero-order chi connectivity index (χ0) is 21.2. The van der Waals surface area contributed by atoms with Gasteiger partial charge in [-0.1, -0.05) is 30.6 Å². The number of allylic oxidation sites excluding steroid dienone is 1. The van der Waals surface area contributed by atoms with Crippen LogP contribution in [-0.4, -0.2) is 89.9 Å². The highest BCUT2D eigenvalue weighted by atomic mass is 32.2. The van der Waals surface area contributed by atoms with Gasteiger partial charge in [-0.25, -0.2) is 0 Å². The summed E-state index contributed by atoms with van der Waals surface area (Å²) in [5.41, 5.74) is 1.52. The Morgan fingerprint density at radius 3 is 2.60 bits per heavy atom. The van der Waals surface area contributed by atoms with Gasteiger partial charge < -0.3 is 14.9 Å². The lowest BCUT2D eigenvalue weighted by Gasteiger charge is -2.33. The minimum atomic E-state index is -0.147. The van der Waals surface area contributed by atoms with Crippen LogP contribution >= 0.6 is 11.8 Å². The molecule has 3 rings (SSSR count). The van der Waals surface area contributed by atoms with Gasteiger partial charge in [0.1, 0.15) is 0 Å². The van der Waals surface area contributed by atoms with Crippen LogP contribution < -0.4 is 0 Å². The van der Waals surface area contributed by atoms with Crippen molar-refractivity contribution in [3.63, 3.8) is 0 Å². The second-order valence-electron chi connectivity index (χ2n) is 9.11. The number of hydrogen-bond acceptors (Lipinski definition) is 5. The van der Waals surface area contributed by atoms with E-state index in [0.717, 1.165) is 70.6 Å². The van der Waals surface area contributed by atoms with E-state index in [-0.39, 0.29) is 6.10 Å². The zero-order valence-electron chi connectivity index (χ0n) is 18.8. The summed E-state index contributed by atoms with van der Waals surface area (Å²) < 4.78 is 0. The number of hydrogen-bond donors (Lipinski definition) is 1. The number of thioether (sulfide) groups is 1. The first kappa shape index (κ1) is 23.8. The van der Waals surface area contributed by atoms with Crippen molar-refractivity contribution in [1.29, 1.82) is 0 Å². The van der Waals surface area contributed by atoms with Gasteiger partial charge in [-0.15, -0.1) is 11.8 Å². The van der Waals surface area contributed by atoms with E-state index in [2.05, 4.69) is 33.8 Å². The van der Waals surface area contributed by atoms with E-state index in [1.807, 2.05) is 11.8 Å². The summed E-state index contributed by atoms with van der Waals surface area (Å²) in [6.45, 7) is 9.18. The molecule has 1 aliphatic carbocycles. The molecule has 170 valence electrons. The van der Waals surface area contributed by atoms with Crippen molar-refractivity contribution in [2.75, 3.05) is 51.6 Å². The van der Waals surface area contributed by atoms with Crippen LogP contribution in [0.3, 0.4) is 0 Å². The Morgan fingerprint density at radius 1 is 1.20 bits per heavy atom. The lowest BCUT2D eigenvalue weighted by atomic mass is 9.95. The molecule has 2 unspecified atom stereocenters. The third-order valence-corrected chi connectivity index (χ3v) is 8.10. The fourth-order valence-electron chi connectivity index (χ4n) is 4.83. The standard InChI is InChI=1S/C24H41N3O2S/c1-2-24(18-26-14-11-23(29)17-26)30-19-21-7-9-22(10-8-21)27(20-28)16-15-25-12-5-3-4-6-13-25/h2,7,20,22-23,29H,3-6,8-19H2,1H3/b24-2-. The molecule has 2 fully saturated rings. The summed E-state index contributed by atoms with van der Waals surface area (Å²) in [5.74, 6) is 1.05. The molecule has 0 spiro atoms. The van der Waals surface area contributed by atoms with Gasteiger partial charge >= 0.3 is 0 Å². The number of aliphatic hydroxyl groups is 1. The Morgan fingerprint density at radius 2 is 2.00 bits per heavy atom. The number of likely N-dealkylation sites (tertiary alicyclic amines) is 2. The fourth-order valence-corrected chi connectivity index (χ4v) is 5.90. The van der Waals surface area contributed by atoms with Gasteiger partial charge in [0.15, 0.2) is 0 Å². The van der Waals surface area contributed by atoms with Crippen molar-refractivity contribution in [3.05, 3.63) is 22.6 Å². The molecule has 5 nitrogen and oxygen atoms in total. The summed E-state index contributed by atoms with van der Waals surface area (Å²) in [6.07, 6.45) is 15.0. The molecule has 2 aliphatic heterocycles. The lowest BCUT2D eigenvalue weighted by molar-refractivity contribution is -0.120. The summed E-state index contributed by atoms with van der Waals surface area (Å²) in [6, 6.07) is 0.371. The van der Waals surface area contributed by atoms with Crippen molar-refractivity contribution >= 4 is 18.2 Å². The Hall–Kier alpha value is -0.820. The smallest absolute Gasteiger partial charge is 0.210 e. The van der Waals surface area contributed by atoms with Crippen molar-refractivity contribution in [1.82, 2.24) is 14.7 Å². The number of β-amino-alcohol motifs (C(OH)–C–C–N with tert-alkyl or cyclic N) is 1. The van der Waals surface area contributed by atoms with Gasteiger partial charge in [0.25, 0.3) is 0 Å². The summed E-state index contributed by atoms with van der Waals surface area (Å²) in [5, 5.41) is 9.73. The predicted octanol–water partition coefficient (Wildman–Crippen LogP) is 3.50. The van der Waals surface area contributed by atoms with Crippen LogP contribution in [0, 0.1) is 0 Å². The van der Waals surface area contributed by atoms with Crippen LogP contribution in [-0.2, 0) is 4.79 Å². The second kappa shape index (κ2) is 12.9. The molecule has 1 N–H and O–H groups in total. The minimum Gasteiger partial charge on any atom is -0.392 e. The molecule has 2 heterocycles. The SMILES string of the molecule is C/C=C(/CN1CCC(O)C1)SCC1=CCC(N(C=O)CCN2CCCCCC2)CC1. The molecule has 0 bridgehead atoms. The molecular weight excluding hydrogens is 394 g/mol. The first-order valence-corrected chi connectivity index (χ1v) is 13.0. The summed E-state index contributed by atoms with van der Waals surface area (Å²) in [7, 11) is 0. The van der Waals surface area contributed by atoms with Crippen LogP contribution in [0.15, 0.2) is 22.6 Å². The van der Waals surface area contributed by atoms with Crippen LogP contribution in [0.25, 0.3) is 0 Å². The van der Waals surface area contributed by atoms with Crippen molar-refractivity contribution < 1.29 is 9.90 Å². The molecule has 3 aliphatic rings. The molecule has 0 saturated carbocycles. The molecule has 0 radical (unpaired) electrons. The van der Waals surface area contributed by atoms with Crippen LogP contribution in [0.5, 0.6) is 0 Å². The third-order valence-electron chi connectivity index (χ3n) is 6.85. The van der Waals surface area contributed by atoms with E-state index in [1.165, 1.54) is 49.3 Å². The van der Waals surface area contributed by atoms with Crippen molar-refractivity contribution in [3.8, 4) is 0 Å². The van der Waals surface area contributed by atoms with Gasteiger partial charge in [0.2, 0.25) is 6.41 Å². The molecule has 2 atom stereocenters. The fraction of sp³-hybridized carbons (Fsp3) is 0.792. The molecule has 0 aromatic rings. The number of aliphatic hydroxyl groups excluding tert-OH is 1. The van der Waals surface area contributed by atoms with E-state index < -0.39 is 0 Å². The van der Waals surface area contributed by atoms with Crippen LogP contribution in [0.1, 0.15) is 58.3 Å². The summed E-state index contributed by atoms with van der Waals surface area (Å²) >= 11 is 1.94. The average Bonchev–Trinajstić information content (AvgIpc) is 3.00. The van der Waals surface area contributed by atoms with E-state index in [9.17, 15) is 9.90 Å². The molecule has 2 saturated heterocycles. The van der Waals surface area contributed by atoms with Gasteiger partial charge in [-0.2, -0.15) is 0 Å². The number of carbonyl (C=O) groups excluding carboxylic acids is 1. The summed E-state index contributed by atoms with van der Waals surface area (Å²) in [4.78, 5) is 20.1. The monoisotopic (exact) mass is 435 g/mol. The molecular formula is C24H41N3O2S. The Labute approximate surface area is 187 Å². The topological polar surface area (TPSA) is 47.0 Å². The molecule has 0 aromatic carbocycles. The third kappa shape index (κ3) is 7.70. The van der Waals surface area contributed by atoms with Gasteiger partial charge in [-0.3, -0.25) is 9.69 Å². The van der Waals surface area contributed by atoms with Gasteiger partial charge in [0, 0.05) is 44.5 Å². The largest absolute Gasteiger partial charge is 0.392 e. The first-order chi connectivity index (χ1) is 14.7. The Balaban J connectivity index is 1.39. The number of nitrogens with zero attached hydrogens (tertiary/aromatic N) is 3. The Kier molecular flexibility index (Phi) is 10.2. The lowest BCUT2D eigenvalue weighted by Crippen LogP contribution is -2.41. The highest BCUT2D eigenvalue weighted by Crippen LogP contribution is 2.28. The molecule has 6 heteroatoms. The van der Waals surface area contributed by atoms with Crippen molar-refractivity contribution in [2.24, 2.45) is 0 Å². The van der Waals surface area contributed by atoms with E-state index >= 15 is 0 Å². The highest BCUT2D eigenvalue weighted by molar-refractivity contribution is 8.03. The molecule has 30 heavy (non-hydrogen) atoms. The van der Waals surface area contributed by atoms with Gasteiger partial charge in [-0.05, 0) is 63.4 Å². The maximum Gasteiger partial charge on any atom is 0.210 e. The quantitative estimate of drug-likeness (QED) is 0.420.